The molecule has 0 atom stereocenters. The number of aromatic nitrogens is 1. The van der Waals surface area contributed by atoms with Crippen molar-refractivity contribution in [2.45, 2.75) is 0 Å². The zero-order valence-electron chi connectivity index (χ0n) is 13.3. The second kappa shape index (κ2) is 7.18. The summed E-state index contributed by atoms with van der Waals surface area (Å²) in [7, 11) is 0. The van der Waals surface area contributed by atoms with Gasteiger partial charge in [-0.1, -0.05) is 6.07 Å². The van der Waals surface area contributed by atoms with E-state index in [1.54, 1.807) is 30.3 Å². The van der Waals surface area contributed by atoms with Crippen LogP contribution in [0.2, 0.25) is 0 Å². The third-order valence-electron chi connectivity index (χ3n) is 3.74. The molecule has 0 unspecified atom stereocenters. The molecule has 2 aromatic rings. The Balaban J connectivity index is 1.95. The van der Waals surface area contributed by atoms with E-state index in [1.807, 2.05) is 0 Å². The molecule has 0 spiro atoms. The number of carbonyl (C=O) groups excluding carboxylic acids is 1. The highest BCUT2D eigenvalue weighted by atomic mass is 19.1. The lowest BCUT2D eigenvalue weighted by Crippen LogP contribution is -2.38. The Bertz CT molecular complexity index is 892. The van der Waals surface area contributed by atoms with Crippen LogP contribution in [0.5, 0.6) is 11.5 Å². The zero-order valence-corrected chi connectivity index (χ0v) is 13.3. The molecule has 0 saturated carbocycles. The number of ether oxygens (including phenoxy) is 2. The van der Waals surface area contributed by atoms with Crippen molar-refractivity contribution in [2.75, 3.05) is 19.9 Å². The molecule has 4 N–H and O–H groups in total. The third kappa shape index (κ3) is 3.38. The fraction of sp³-hybridized carbons (Fsp3) is 0.176. The van der Waals surface area contributed by atoms with Crippen molar-refractivity contribution in [1.82, 2.24) is 9.88 Å². The van der Waals surface area contributed by atoms with Gasteiger partial charge in [-0.3, -0.25) is 5.41 Å². The van der Waals surface area contributed by atoms with Gasteiger partial charge in [0.05, 0.1) is 12.0 Å². The summed E-state index contributed by atoms with van der Waals surface area (Å²) < 4.78 is 24.4. The van der Waals surface area contributed by atoms with Crippen molar-refractivity contribution in [3.63, 3.8) is 0 Å². The van der Waals surface area contributed by atoms with Crippen molar-refractivity contribution < 1.29 is 18.7 Å². The maximum atomic E-state index is 12.6. The molecule has 0 aliphatic carbocycles. The summed E-state index contributed by atoms with van der Waals surface area (Å²) in [6.45, 7) is 0.113. The molecular weight excluding hydrogens is 327 g/mol. The van der Waals surface area contributed by atoms with Crippen LogP contribution in [0.25, 0.3) is 11.3 Å². The van der Waals surface area contributed by atoms with Gasteiger partial charge in [-0.2, -0.15) is 0 Å². The van der Waals surface area contributed by atoms with Crippen molar-refractivity contribution >= 4 is 6.03 Å². The van der Waals surface area contributed by atoms with Gasteiger partial charge < -0.3 is 20.5 Å². The van der Waals surface area contributed by atoms with Gasteiger partial charge in [-0.05, 0) is 35.9 Å². The number of nitrogens with zero attached hydrogens (tertiary/aromatic N) is 1. The molecule has 130 valence electrons. The van der Waals surface area contributed by atoms with E-state index in [9.17, 15) is 9.18 Å². The number of hydrogen-bond acceptors (Lipinski definition) is 5. The van der Waals surface area contributed by atoms with E-state index >= 15 is 0 Å². The van der Waals surface area contributed by atoms with E-state index in [2.05, 4.69) is 5.32 Å². The summed E-state index contributed by atoms with van der Waals surface area (Å²) in [6, 6.07) is 9.60. The largest absolute Gasteiger partial charge is 0.454 e. The summed E-state index contributed by atoms with van der Waals surface area (Å²) in [4.78, 5) is 12.5. The molecule has 0 radical (unpaired) electrons. The quantitative estimate of drug-likeness (QED) is 0.786. The molecule has 25 heavy (non-hydrogen) atoms. The van der Waals surface area contributed by atoms with Gasteiger partial charge >= 0.3 is 6.03 Å². The number of fused-ring (bicyclic) bond motifs is 1. The van der Waals surface area contributed by atoms with Gasteiger partial charge in [0.25, 0.3) is 0 Å². The molecule has 1 aliphatic rings. The average Bonchev–Trinajstić information content (AvgIpc) is 3.09. The highest BCUT2D eigenvalue weighted by Gasteiger charge is 2.17. The lowest BCUT2D eigenvalue weighted by molar-refractivity contribution is 0.174. The normalized spacial score (nSPS) is 13.0. The second-order valence-electron chi connectivity index (χ2n) is 5.33. The molecule has 7 nitrogen and oxygen atoms in total. The highest BCUT2D eigenvalue weighted by molar-refractivity contribution is 5.82. The van der Waals surface area contributed by atoms with Crippen molar-refractivity contribution in [3.05, 3.63) is 53.8 Å². The maximum absolute atomic E-state index is 12.6. The summed E-state index contributed by atoms with van der Waals surface area (Å²) >= 11 is 0. The minimum Gasteiger partial charge on any atom is -0.454 e. The molecule has 2 heterocycles. The van der Waals surface area contributed by atoms with Crippen LogP contribution in [0.4, 0.5) is 9.18 Å². The Morgan fingerprint density at radius 2 is 2.12 bits per heavy atom. The monoisotopic (exact) mass is 344 g/mol. The van der Waals surface area contributed by atoms with Gasteiger partial charge in [0, 0.05) is 18.7 Å². The summed E-state index contributed by atoms with van der Waals surface area (Å²) in [6.07, 6.45) is 0.371. The smallest absolute Gasteiger partial charge is 0.327 e. The molecule has 0 saturated heterocycles. The Labute approximate surface area is 143 Å². The van der Waals surface area contributed by atoms with Crippen LogP contribution < -0.4 is 26.0 Å². The van der Waals surface area contributed by atoms with Gasteiger partial charge in [0.1, 0.15) is 5.49 Å². The predicted octanol–water partition coefficient (Wildman–Crippen LogP) is 1.73. The number of nitrogens with two attached hydrogens (primary N) is 1. The molecule has 0 bridgehead atoms. The Kier molecular flexibility index (Phi) is 4.80. The van der Waals surface area contributed by atoms with Crippen molar-refractivity contribution in [3.8, 4) is 22.8 Å². The van der Waals surface area contributed by atoms with E-state index in [1.165, 1.54) is 10.6 Å². The average molecular weight is 344 g/mol. The fourth-order valence-corrected chi connectivity index (χ4v) is 2.43. The molecule has 1 aromatic heterocycles. The van der Waals surface area contributed by atoms with E-state index in [0.717, 1.165) is 0 Å². The number of rotatable bonds is 4. The van der Waals surface area contributed by atoms with Gasteiger partial charge in [-0.15, -0.1) is 0 Å². The Hall–Kier alpha value is -3.13. The lowest BCUT2D eigenvalue weighted by atomic mass is 10.1. The number of benzene rings is 1. The number of hydrogen-bond donors (Lipinski definition) is 3. The molecule has 0 fully saturated rings. The molecule has 3 rings (SSSR count). The summed E-state index contributed by atoms with van der Waals surface area (Å²) in [5.74, 6) is 1.20. The third-order valence-corrected chi connectivity index (χ3v) is 3.74. The van der Waals surface area contributed by atoms with Crippen LogP contribution in [0.1, 0.15) is 0 Å². The number of carbonyl (C=O) groups is 1. The minimum atomic E-state index is -0.550. The predicted molar refractivity (Wildman–Crippen MR) is 88.9 cm³/mol. The van der Waals surface area contributed by atoms with Gasteiger partial charge in [-0.25, -0.2) is 13.8 Å². The zero-order chi connectivity index (χ0) is 17.8. The molecule has 1 aliphatic heterocycles. The van der Waals surface area contributed by atoms with Gasteiger partial charge in [0.2, 0.25) is 6.79 Å². The first kappa shape index (κ1) is 16.7. The summed E-state index contributed by atoms with van der Waals surface area (Å²) in [5, 5.41) is 10.6. The fourth-order valence-electron chi connectivity index (χ4n) is 2.43. The van der Waals surface area contributed by atoms with Crippen LogP contribution >= 0.6 is 0 Å². The van der Waals surface area contributed by atoms with Crippen LogP contribution in [0.15, 0.2) is 48.3 Å². The first-order chi connectivity index (χ1) is 12.1. The molecule has 1 amide bonds. The van der Waals surface area contributed by atoms with Gasteiger partial charge in [0.15, 0.2) is 11.5 Å². The van der Waals surface area contributed by atoms with Crippen LogP contribution in [-0.4, -0.2) is 30.5 Å². The standard InChI is InChI=1S/C17H17FN4O3/c18-7-11(8-19)9-21-17(23)22-13(2-1-3-16(22)20)12-4-5-14-15(6-12)25-10-24-14/h1-7,20H,8-10,19H2,(H,21,23)/b11-7+,20-16?. The Morgan fingerprint density at radius 3 is 2.88 bits per heavy atom. The number of pyridine rings is 1. The molecule has 1 aromatic carbocycles. The summed E-state index contributed by atoms with van der Waals surface area (Å²) in [5.41, 5.74) is 6.81. The number of amides is 1. The van der Waals surface area contributed by atoms with Crippen molar-refractivity contribution in [2.24, 2.45) is 5.73 Å². The maximum Gasteiger partial charge on any atom is 0.327 e. The van der Waals surface area contributed by atoms with Crippen molar-refractivity contribution in [1.29, 1.82) is 5.41 Å². The molecule has 8 heteroatoms. The number of nitrogens with one attached hydrogen (secondary N) is 2. The lowest BCUT2D eigenvalue weighted by Gasteiger charge is -2.14. The van der Waals surface area contributed by atoms with Crippen LogP contribution in [0.3, 0.4) is 0 Å². The SMILES string of the molecule is N=c1cccc(-c2ccc3c(c2)OCO3)n1C(=O)NC/C(=C/F)CN. The van der Waals surface area contributed by atoms with E-state index in [0.29, 0.717) is 29.1 Å². The topological polar surface area (TPSA) is 102 Å². The van der Waals surface area contributed by atoms with E-state index in [4.69, 9.17) is 20.6 Å². The minimum absolute atomic E-state index is 0.00101. The van der Waals surface area contributed by atoms with Crippen LogP contribution in [0, 0.1) is 5.41 Å². The number of halogens is 1. The second-order valence-corrected chi connectivity index (χ2v) is 5.33. The first-order valence-corrected chi connectivity index (χ1v) is 7.57. The highest BCUT2D eigenvalue weighted by Crippen LogP contribution is 2.35. The van der Waals surface area contributed by atoms with E-state index in [-0.39, 0.29) is 30.9 Å². The Morgan fingerprint density at radius 1 is 1.32 bits per heavy atom. The van der Waals surface area contributed by atoms with E-state index < -0.39 is 6.03 Å². The van der Waals surface area contributed by atoms with Crippen LogP contribution in [-0.2, 0) is 0 Å². The first-order valence-electron chi connectivity index (χ1n) is 7.57. The molecular formula is C17H17FN4O3.